The summed E-state index contributed by atoms with van der Waals surface area (Å²) in [7, 11) is 0. The van der Waals surface area contributed by atoms with E-state index < -0.39 is 0 Å². The number of hydrogen-bond donors (Lipinski definition) is 1. The molecule has 3 aromatic rings. The van der Waals surface area contributed by atoms with Crippen molar-refractivity contribution in [2.24, 2.45) is 0 Å². The molecule has 0 aliphatic rings. The molecule has 0 saturated carbocycles. The molecule has 6 heteroatoms. The van der Waals surface area contributed by atoms with Crippen LogP contribution in [0.2, 0.25) is 10.2 Å². The minimum absolute atomic E-state index is 0.238. The third kappa shape index (κ3) is 2.82. The molecule has 0 unspecified atom stereocenters. The van der Waals surface area contributed by atoms with Crippen LogP contribution in [0.4, 0.5) is 5.69 Å². The van der Waals surface area contributed by atoms with E-state index in [0.717, 1.165) is 5.39 Å². The van der Waals surface area contributed by atoms with Gasteiger partial charge in [0.2, 0.25) is 0 Å². The highest BCUT2D eigenvalue weighted by atomic mass is 35.5. The van der Waals surface area contributed by atoms with Gasteiger partial charge in [-0.25, -0.2) is 4.98 Å². The molecular formula is C15H9Cl2N3O. The van der Waals surface area contributed by atoms with Gasteiger partial charge in [-0.05, 0) is 36.4 Å². The maximum atomic E-state index is 12.2. The number of carbonyl (C=O) groups excluding carboxylic acids is 1. The van der Waals surface area contributed by atoms with Crippen LogP contribution in [0.5, 0.6) is 0 Å². The SMILES string of the molecule is O=C(Nc1ccc(Cl)c2cccnc12)c1cccc(Cl)n1. The summed E-state index contributed by atoms with van der Waals surface area (Å²) in [4.78, 5) is 20.4. The molecule has 3 rings (SSSR count). The van der Waals surface area contributed by atoms with Gasteiger partial charge in [-0.1, -0.05) is 29.3 Å². The first-order chi connectivity index (χ1) is 10.1. The number of rotatable bonds is 2. The number of aromatic nitrogens is 2. The molecule has 0 atom stereocenters. The highest BCUT2D eigenvalue weighted by Gasteiger charge is 2.11. The zero-order valence-corrected chi connectivity index (χ0v) is 12.2. The normalized spacial score (nSPS) is 10.6. The largest absolute Gasteiger partial charge is 0.319 e. The van der Waals surface area contributed by atoms with Crippen molar-refractivity contribution in [1.29, 1.82) is 0 Å². The molecule has 2 heterocycles. The number of pyridine rings is 2. The molecule has 0 bridgehead atoms. The maximum Gasteiger partial charge on any atom is 0.274 e. The minimum atomic E-state index is -0.355. The molecule has 0 saturated heterocycles. The third-order valence-electron chi connectivity index (χ3n) is 2.91. The molecule has 21 heavy (non-hydrogen) atoms. The van der Waals surface area contributed by atoms with Gasteiger partial charge in [-0.3, -0.25) is 9.78 Å². The summed E-state index contributed by atoms with van der Waals surface area (Å²) in [5.41, 5.74) is 1.43. The van der Waals surface area contributed by atoms with Gasteiger partial charge < -0.3 is 5.32 Å². The summed E-state index contributed by atoms with van der Waals surface area (Å²) >= 11 is 11.9. The lowest BCUT2D eigenvalue weighted by atomic mass is 10.2. The van der Waals surface area contributed by atoms with Crippen LogP contribution in [0.25, 0.3) is 10.9 Å². The summed E-state index contributed by atoms with van der Waals surface area (Å²) in [6.45, 7) is 0. The highest BCUT2D eigenvalue weighted by Crippen LogP contribution is 2.28. The molecule has 0 radical (unpaired) electrons. The predicted molar refractivity (Wildman–Crippen MR) is 84.0 cm³/mol. The fraction of sp³-hybridized carbons (Fsp3) is 0. The summed E-state index contributed by atoms with van der Waals surface area (Å²) in [6, 6.07) is 11.9. The van der Waals surface area contributed by atoms with Crippen LogP contribution in [-0.4, -0.2) is 15.9 Å². The van der Waals surface area contributed by atoms with Crippen LogP contribution in [0.3, 0.4) is 0 Å². The number of nitrogens with one attached hydrogen (secondary N) is 1. The van der Waals surface area contributed by atoms with Gasteiger partial charge in [0.15, 0.2) is 0 Å². The first-order valence-corrected chi connectivity index (χ1v) is 6.88. The molecule has 1 N–H and O–H groups in total. The van der Waals surface area contributed by atoms with Crippen LogP contribution in [0.15, 0.2) is 48.7 Å². The number of benzene rings is 1. The van der Waals surface area contributed by atoms with Crippen molar-refractivity contribution in [3.63, 3.8) is 0 Å². The van der Waals surface area contributed by atoms with E-state index in [1.54, 1.807) is 42.6 Å². The van der Waals surface area contributed by atoms with Gasteiger partial charge in [-0.15, -0.1) is 0 Å². The first-order valence-electron chi connectivity index (χ1n) is 6.12. The molecule has 4 nitrogen and oxygen atoms in total. The fourth-order valence-corrected chi connectivity index (χ4v) is 2.34. The second-order valence-corrected chi connectivity index (χ2v) is 5.09. The number of carbonyl (C=O) groups is 1. The number of halogens is 2. The number of fused-ring (bicyclic) bond motifs is 1. The van der Waals surface area contributed by atoms with Crippen molar-refractivity contribution in [2.45, 2.75) is 0 Å². The topological polar surface area (TPSA) is 54.9 Å². The van der Waals surface area contributed by atoms with E-state index in [1.807, 2.05) is 6.07 Å². The van der Waals surface area contributed by atoms with E-state index in [2.05, 4.69) is 15.3 Å². The van der Waals surface area contributed by atoms with Crippen molar-refractivity contribution in [3.05, 3.63) is 64.5 Å². The van der Waals surface area contributed by atoms with Gasteiger partial charge in [0.25, 0.3) is 5.91 Å². The van der Waals surface area contributed by atoms with Crippen molar-refractivity contribution < 1.29 is 4.79 Å². The van der Waals surface area contributed by atoms with E-state index in [1.165, 1.54) is 0 Å². The van der Waals surface area contributed by atoms with Gasteiger partial charge in [0, 0.05) is 11.6 Å². The number of nitrogens with zero attached hydrogens (tertiary/aromatic N) is 2. The molecule has 0 aliphatic heterocycles. The standard InChI is InChI=1S/C15H9Cl2N3O/c16-10-6-7-11(14-9(10)3-2-8-18-14)20-15(21)12-4-1-5-13(17)19-12/h1-8H,(H,20,21). The van der Waals surface area contributed by atoms with Crippen molar-refractivity contribution >= 4 is 45.7 Å². The van der Waals surface area contributed by atoms with E-state index in [9.17, 15) is 4.79 Å². The van der Waals surface area contributed by atoms with Gasteiger partial charge >= 0.3 is 0 Å². The van der Waals surface area contributed by atoms with E-state index in [4.69, 9.17) is 23.2 Å². The summed E-state index contributed by atoms with van der Waals surface area (Å²) in [5, 5.41) is 4.39. The van der Waals surface area contributed by atoms with E-state index in [-0.39, 0.29) is 16.8 Å². The summed E-state index contributed by atoms with van der Waals surface area (Å²) in [5.74, 6) is -0.355. The second kappa shape index (κ2) is 5.68. The van der Waals surface area contributed by atoms with Gasteiger partial charge in [0.05, 0.1) is 16.2 Å². The van der Waals surface area contributed by atoms with Gasteiger partial charge in [-0.2, -0.15) is 0 Å². The van der Waals surface area contributed by atoms with Crippen LogP contribution < -0.4 is 5.32 Å². The molecule has 0 fully saturated rings. The molecule has 0 spiro atoms. The maximum absolute atomic E-state index is 12.2. The Morgan fingerprint density at radius 3 is 2.71 bits per heavy atom. The zero-order chi connectivity index (χ0) is 14.8. The Bertz CT molecular complexity index is 836. The van der Waals surface area contributed by atoms with Crippen LogP contribution in [0, 0.1) is 0 Å². The number of hydrogen-bond acceptors (Lipinski definition) is 3. The third-order valence-corrected chi connectivity index (χ3v) is 3.45. The molecule has 2 aromatic heterocycles. The average molecular weight is 318 g/mol. The Labute approximate surface area is 130 Å². The average Bonchev–Trinajstić information content (AvgIpc) is 2.50. The van der Waals surface area contributed by atoms with Crippen LogP contribution >= 0.6 is 23.2 Å². The predicted octanol–water partition coefficient (Wildman–Crippen LogP) is 4.19. The van der Waals surface area contributed by atoms with E-state index >= 15 is 0 Å². The smallest absolute Gasteiger partial charge is 0.274 e. The molecule has 1 aromatic carbocycles. The second-order valence-electron chi connectivity index (χ2n) is 4.29. The van der Waals surface area contributed by atoms with Crippen LogP contribution in [0.1, 0.15) is 10.5 Å². The lowest BCUT2D eigenvalue weighted by molar-refractivity contribution is 0.102. The van der Waals surface area contributed by atoms with Crippen molar-refractivity contribution in [3.8, 4) is 0 Å². The zero-order valence-electron chi connectivity index (χ0n) is 10.7. The van der Waals surface area contributed by atoms with E-state index in [0.29, 0.717) is 16.2 Å². The minimum Gasteiger partial charge on any atom is -0.319 e. The highest BCUT2D eigenvalue weighted by molar-refractivity contribution is 6.36. The fourth-order valence-electron chi connectivity index (χ4n) is 1.96. The lowest BCUT2D eigenvalue weighted by Crippen LogP contribution is -2.14. The molecule has 104 valence electrons. The Morgan fingerprint density at radius 2 is 1.90 bits per heavy atom. The number of amides is 1. The Balaban J connectivity index is 1.99. The molecule has 1 amide bonds. The lowest BCUT2D eigenvalue weighted by Gasteiger charge is -2.08. The molecular weight excluding hydrogens is 309 g/mol. The summed E-state index contributed by atoms with van der Waals surface area (Å²) in [6.07, 6.45) is 1.64. The van der Waals surface area contributed by atoms with Crippen molar-refractivity contribution in [2.75, 3.05) is 5.32 Å². The van der Waals surface area contributed by atoms with Crippen molar-refractivity contribution in [1.82, 2.24) is 9.97 Å². The quantitative estimate of drug-likeness (QED) is 0.721. The first kappa shape index (κ1) is 13.8. The number of anilines is 1. The Hall–Kier alpha value is -2.17. The summed E-state index contributed by atoms with van der Waals surface area (Å²) < 4.78 is 0. The Morgan fingerprint density at radius 1 is 1.05 bits per heavy atom. The van der Waals surface area contributed by atoms with Crippen LogP contribution in [-0.2, 0) is 0 Å². The Kier molecular flexibility index (Phi) is 3.73. The molecule has 0 aliphatic carbocycles. The monoisotopic (exact) mass is 317 g/mol. The van der Waals surface area contributed by atoms with Gasteiger partial charge in [0.1, 0.15) is 10.8 Å².